The number of aliphatic carboxylic acids is 1. The molecule has 2 rings (SSSR count). The molecule has 1 amide bonds. The molecule has 0 aliphatic carbocycles. The quantitative estimate of drug-likeness (QED) is 0.811. The second-order valence-electron chi connectivity index (χ2n) is 6.04. The highest BCUT2D eigenvalue weighted by molar-refractivity contribution is 7.08. The van der Waals surface area contributed by atoms with E-state index in [1.807, 2.05) is 16.8 Å². The van der Waals surface area contributed by atoms with E-state index in [1.54, 1.807) is 32.1 Å². The Bertz CT molecular complexity index is 689. The third-order valence-corrected chi connectivity index (χ3v) is 4.11. The molecule has 0 saturated carbocycles. The molecule has 2 aromatic heterocycles. The molecule has 0 aliphatic heterocycles. The number of amides is 1. The molecule has 0 aliphatic rings. The van der Waals surface area contributed by atoms with Crippen molar-refractivity contribution in [3.05, 3.63) is 28.3 Å². The fraction of sp³-hybridized carbons (Fsp3) is 0.438. The highest BCUT2D eigenvalue weighted by atomic mass is 32.1. The molecule has 2 N–H and O–H groups in total. The lowest BCUT2D eigenvalue weighted by molar-refractivity contribution is -0.137. The van der Waals surface area contributed by atoms with E-state index in [-0.39, 0.29) is 18.7 Å². The number of oxazole rings is 1. The standard InChI is InChI=1S/C16H20N2O4S/c1-10-12(17-15(22-10)11-5-7-23-9-11)8-13(19)18-16(2,3)6-4-14(20)21/h5,7,9H,4,6,8H2,1-3H3,(H,18,19)(H,20,21). The van der Waals surface area contributed by atoms with Crippen molar-refractivity contribution in [2.45, 2.75) is 45.6 Å². The number of nitrogens with zero attached hydrogens (tertiary/aromatic N) is 1. The van der Waals surface area contributed by atoms with E-state index in [1.165, 1.54) is 0 Å². The number of aromatic nitrogens is 1. The normalized spacial score (nSPS) is 11.4. The van der Waals surface area contributed by atoms with Crippen LogP contribution in [0.15, 0.2) is 21.2 Å². The average Bonchev–Trinajstić information content (AvgIpc) is 3.06. The fourth-order valence-electron chi connectivity index (χ4n) is 2.16. The van der Waals surface area contributed by atoms with Crippen LogP contribution in [-0.4, -0.2) is 27.5 Å². The van der Waals surface area contributed by atoms with Crippen molar-refractivity contribution in [1.82, 2.24) is 10.3 Å². The van der Waals surface area contributed by atoms with Gasteiger partial charge in [-0.25, -0.2) is 4.98 Å². The molecular weight excluding hydrogens is 316 g/mol. The Kier molecular flexibility index (Phi) is 5.20. The Morgan fingerprint density at radius 1 is 1.43 bits per heavy atom. The molecule has 6 nitrogen and oxygen atoms in total. The van der Waals surface area contributed by atoms with Crippen LogP contribution in [0, 0.1) is 6.92 Å². The summed E-state index contributed by atoms with van der Waals surface area (Å²) in [5.74, 6) is 0.0510. The van der Waals surface area contributed by atoms with Gasteiger partial charge in [0.25, 0.3) is 0 Å². The lowest BCUT2D eigenvalue weighted by Gasteiger charge is -2.25. The van der Waals surface area contributed by atoms with Crippen molar-refractivity contribution in [1.29, 1.82) is 0 Å². The first kappa shape index (κ1) is 17.2. The number of carbonyl (C=O) groups is 2. The van der Waals surface area contributed by atoms with Crippen molar-refractivity contribution in [3.8, 4) is 11.5 Å². The van der Waals surface area contributed by atoms with Gasteiger partial charge in [-0.05, 0) is 38.6 Å². The molecule has 0 saturated heterocycles. The molecule has 0 fully saturated rings. The van der Waals surface area contributed by atoms with Crippen molar-refractivity contribution in [3.63, 3.8) is 0 Å². The van der Waals surface area contributed by atoms with Gasteiger partial charge in [0, 0.05) is 22.9 Å². The van der Waals surface area contributed by atoms with Gasteiger partial charge in [0.05, 0.1) is 12.1 Å². The zero-order valence-corrected chi connectivity index (χ0v) is 14.2. The summed E-state index contributed by atoms with van der Waals surface area (Å²) in [5, 5.41) is 15.5. The van der Waals surface area contributed by atoms with Crippen LogP contribution in [-0.2, 0) is 16.0 Å². The van der Waals surface area contributed by atoms with Gasteiger partial charge in [0.2, 0.25) is 11.8 Å². The van der Waals surface area contributed by atoms with Gasteiger partial charge in [0.1, 0.15) is 5.76 Å². The summed E-state index contributed by atoms with van der Waals surface area (Å²) in [6.07, 6.45) is 0.487. The van der Waals surface area contributed by atoms with E-state index in [0.29, 0.717) is 23.8 Å². The molecule has 124 valence electrons. The summed E-state index contributed by atoms with van der Waals surface area (Å²) in [7, 11) is 0. The Labute approximate surface area is 138 Å². The minimum absolute atomic E-state index is 0.0125. The minimum Gasteiger partial charge on any atom is -0.481 e. The molecule has 0 unspecified atom stereocenters. The minimum atomic E-state index is -0.875. The Balaban J connectivity index is 1.99. The van der Waals surface area contributed by atoms with Crippen LogP contribution < -0.4 is 5.32 Å². The summed E-state index contributed by atoms with van der Waals surface area (Å²) in [6, 6.07) is 1.91. The Hall–Kier alpha value is -2.15. The maximum Gasteiger partial charge on any atom is 0.303 e. The van der Waals surface area contributed by atoms with E-state index < -0.39 is 11.5 Å². The predicted molar refractivity (Wildman–Crippen MR) is 87.3 cm³/mol. The van der Waals surface area contributed by atoms with Crippen LogP contribution in [0.3, 0.4) is 0 Å². The molecule has 2 aromatic rings. The van der Waals surface area contributed by atoms with Gasteiger partial charge in [0.15, 0.2) is 0 Å². The monoisotopic (exact) mass is 336 g/mol. The van der Waals surface area contributed by atoms with Gasteiger partial charge in [-0.15, -0.1) is 0 Å². The molecular formula is C16H20N2O4S. The average molecular weight is 336 g/mol. The number of hydrogen-bond acceptors (Lipinski definition) is 5. The van der Waals surface area contributed by atoms with E-state index in [9.17, 15) is 9.59 Å². The molecule has 0 bridgehead atoms. The van der Waals surface area contributed by atoms with E-state index in [2.05, 4.69) is 10.3 Å². The number of hydrogen-bond donors (Lipinski definition) is 2. The molecule has 23 heavy (non-hydrogen) atoms. The highest BCUT2D eigenvalue weighted by Gasteiger charge is 2.23. The number of carbonyl (C=O) groups excluding carboxylic acids is 1. The molecule has 0 radical (unpaired) electrons. The topological polar surface area (TPSA) is 92.4 Å². The van der Waals surface area contributed by atoms with Gasteiger partial charge >= 0.3 is 5.97 Å². The lowest BCUT2D eigenvalue weighted by atomic mass is 9.98. The van der Waals surface area contributed by atoms with E-state index in [0.717, 1.165) is 5.56 Å². The van der Waals surface area contributed by atoms with Gasteiger partial charge < -0.3 is 14.8 Å². The number of rotatable bonds is 7. The van der Waals surface area contributed by atoms with Crippen molar-refractivity contribution < 1.29 is 19.1 Å². The summed E-state index contributed by atoms with van der Waals surface area (Å²) in [5.41, 5.74) is 0.910. The zero-order valence-electron chi connectivity index (χ0n) is 13.4. The zero-order chi connectivity index (χ0) is 17.0. The van der Waals surface area contributed by atoms with Crippen molar-refractivity contribution >= 4 is 23.2 Å². The van der Waals surface area contributed by atoms with Gasteiger partial charge in [-0.2, -0.15) is 11.3 Å². The highest BCUT2D eigenvalue weighted by Crippen LogP contribution is 2.24. The largest absolute Gasteiger partial charge is 0.481 e. The predicted octanol–water partition coefficient (Wildman–Crippen LogP) is 3.01. The summed E-state index contributed by atoms with van der Waals surface area (Å²) in [6.45, 7) is 5.39. The number of carboxylic acids is 1. The van der Waals surface area contributed by atoms with Crippen LogP contribution in [0.5, 0.6) is 0 Å². The first-order chi connectivity index (χ1) is 10.8. The fourth-order valence-corrected chi connectivity index (χ4v) is 2.79. The molecule has 0 spiro atoms. The number of aryl methyl sites for hydroxylation is 1. The molecule has 0 atom stereocenters. The molecule has 0 aromatic carbocycles. The SMILES string of the molecule is Cc1oc(-c2ccsc2)nc1CC(=O)NC(C)(C)CCC(=O)O. The second-order valence-corrected chi connectivity index (χ2v) is 6.82. The smallest absolute Gasteiger partial charge is 0.303 e. The summed E-state index contributed by atoms with van der Waals surface area (Å²) < 4.78 is 5.61. The first-order valence-corrected chi connectivity index (χ1v) is 8.23. The van der Waals surface area contributed by atoms with E-state index >= 15 is 0 Å². The lowest BCUT2D eigenvalue weighted by Crippen LogP contribution is -2.44. The van der Waals surface area contributed by atoms with E-state index in [4.69, 9.17) is 9.52 Å². The van der Waals surface area contributed by atoms with Crippen LogP contribution in [0.25, 0.3) is 11.5 Å². The van der Waals surface area contributed by atoms with Gasteiger partial charge in [-0.3, -0.25) is 9.59 Å². The Morgan fingerprint density at radius 2 is 2.17 bits per heavy atom. The van der Waals surface area contributed by atoms with Crippen LogP contribution in [0.1, 0.15) is 38.1 Å². The van der Waals surface area contributed by atoms with Crippen LogP contribution >= 0.6 is 11.3 Å². The van der Waals surface area contributed by atoms with Crippen LogP contribution in [0.2, 0.25) is 0 Å². The number of nitrogens with one attached hydrogen (secondary N) is 1. The number of carboxylic acid groups (broad SMARTS) is 1. The molecule has 2 heterocycles. The number of thiophene rings is 1. The van der Waals surface area contributed by atoms with Gasteiger partial charge in [-0.1, -0.05) is 0 Å². The third-order valence-electron chi connectivity index (χ3n) is 3.43. The van der Waals surface area contributed by atoms with Crippen molar-refractivity contribution in [2.24, 2.45) is 0 Å². The second kappa shape index (κ2) is 6.95. The van der Waals surface area contributed by atoms with Crippen LogP contribution in [0.4, 0.5) is 0 Å². The molecule has 7 heteroatoms. The Morgan fingerprint density at radius 3 is 2.78 bits per heavy atom. The van der Waals surface area contributed by atoms with Crippen molar-refractivity contribution in [2.75, 3.05) is 0 Å². The maximum absolute atomic E-state index is 12.2. The summed E-state index contributed by atoms with van der Waals surface area (Å²) in [4.78, 5) is 27.2. The maximum atomic E-state index is 12.2. The summed E-state index contributed by atoms with van der Waals surface area (Å²) >= 11 is 1.55. The third kappa shape index (κ3) is 4.92. The first-order valence-electron chi connectivity index (χ1n) is 7.28.